The lowest BCUT2D eigenvalue weighted by Crippen LogP contribution is -2.42. The molecule has 0 bridgehead atoms. The lowest BCUT2D eigenvalue weighted by molar-refractivity contribution is 0.268. The molecule has 0 aromatic heterocycles. The second kappa shape index (κ2) is 5.84. The Morgan fingerprint density at radius 3 is 2.55 bits per heavy atom. The molecule has 0 spiro atoms. The Morgan fingerprint density at radius 1 is 1.25 bits per heavy atom. The summed E-state index contributed by atoms with van der Waals surface area (Å²) in [5, 5.41) is 9.35. The fourth-order valence-corrected chi connectivity index (χ4v) is 4.84. The van der Waals surface area contributed by atoms with Gasteiger partial charge < -0.3 is 5.11 Å². The van der Waals surface area contributed by atoms with Gasteiger partial charge in [-0.25, -0.2) is 8.42 Å². The molecule has 112 valence electrons. The summed E-state index contributed by atoms with van der Waals surface area (Å²) in [5.41, 5.74) is 2.35. The van der Waals surface area contributed by atoms with E-state index in [1.165, 1.54) is 0 Å². The van der Waals surface area contributed by atoms with Gasteiger partial charge in [-0.2, -0.15) is 4.31 Å². The molecular weight excluding hydrogens is 274 g/mol. The van der Waals surface area contributed by atoms with Gasteiger partial charge in [-0.05, 0) is 56.4 Å². The Balaban J connectivity index is 2.48. The van der Waals surface area contributed by atoms with Gasteiger partial charge in [0, 0.05) is 12.6 Å². The molecule has 1 aromatic carbocycles. The Morgan fingerprint density at radius 2 is 1.95 bits per heavy atom. The van der Waals surface area contributed by atoms with Gasteiger partial charge in [0.1, 0.15) is 0 Å². The second-order valence-electron chi connectivity index (χ2n) is 5.66. The number of rotatable bonds is 3. The highest BCUT2D eigenvalue weighted by Crippen LogP contribution is 2.28. The standard InChI is InChI=1S/C15H23NO3S/c1-11-8-12(2)15(9-14(11)10-17)20(18,19)16-7-5-4-6-13(16)3/h8-9,13,17H,4-7,10H2,1-3H3. The first-order chi connectivity index (χ1) is 9.37. The molecule has 4 nitrogen and oxygen atoms in total. The average Bonchev–Trinajstić information content (AvgIpc) is 2.38. The molecule has 1 aliphatic heterocycles. The molecule has 1 atom stereocenters. The van der Waals surface area contributed by atoms with Crippen LogP contribution in [0, 0.1) is 13.8 Å². The minimum atomic E-state index is -3.47. The van der Waals surface area contributed by atoms with E-state index in [1.54, 1.807) is 10.4 Å². The maximum atomic E-state index is 12.8. The molecule has 0 aliphatic carbocycles. The zero-order chi connectivity index (χ0) is 14.9. The van der Waals surface area contributed by atoms with E-state index in [0.29, 0.717) is 17.0 Å². The molecule has 1 saturated heterocycles. The Bertz CT molecular complexity index is 595. The SMILES string of the molecule is Cc1cc(C)c(S(=O)(=O)N2CCCCC2C)cc1CO. The summed E-state index contributed by atoms with van der Waals surface area (Å²) < 4.78 is 27.3. The fraction of sp³-hybridized carbons (Fsp3) is 0.600. The van der Waals surface area contributed by atoms with Gasteiger partial charge in [-0.15, -0.1) is 0 Å². The highest BCUT2D eigenvalue weighted by Gasteiger charge is 2.32. The van der Waals surface area contributed by atoms with E-state index in [4.69, 9.17) is 0 Å². The van der Waals surface area contributed by atoms with E-state index in [2.05, 4.69) is 0 Å². The van der Waals surface area contributed by atoms with Crippen LogP contribution in [0.4, 0.5) is 0 Å². The summed E-state index contributed by atoms with van der Waals surface area (Å²) in [5.74, 6) is 0. The summed E-state index contributed by atoms with van der Waals surface area (Å²) in [6.07, 6.45) is 2.92. The van der Waals surface area contributed by atoms with Crippen LogP contribution in [0.3, 0.4) is 0 Å². The van der Waals surface area contributed by atoms with Crippen LogP contribution >= 0.6 is 0 Å². The number of sulfonamides is 1. The first kappa shape index (κ1) is 15.5. The number of hydrogen-bond acceptors (Lipinski definition) is 3. The Hall–Kier alpha value is -0.910. The highest BCUT2D eigenvalue weighted by molar-refractivity contribution is 7.89. The van der Waals surface area contributed by atoms with Crippen molar-refractivity contribution >= 4 is 10.0 Å². The van der Waals surface area contributed by atoms with Gasteiger partial charge >= 0.3 is 0 Å². The van der Waals surface area contributed by atoms with Crippen LogP contribution in [0.15, 0.2) is 17.0 Å². The van der Waals surface area contributed by atoms with E-state index in [1.807, 2.05) is 26.8 Å². The number of aryl methyl sites for hydroxylation is 2. The van der Waals surface area contributed by atoms with Crippen molar-refractivity contribution in [3.05, 3.63) is 28.8 Å². The van der Waals surface area contributed by atoms with Crippen LogP contribution in [0.25, 0.3) is 0 Å². The van der Waals surface area contributed by atoms with Crippen LogP contribution in [0.1, 0.15) is 42.9 Å². The zero-order valence-corrected chi connectivity index (χ0v) is 13.2. The number of aliphatic hydroxyl groups is 1. The van der Waals surface area contributed by atoms with Crippen molar-refractivity contribution in [1.82, 2.24) is 4.31 Å². The Labute approximate surface area is 121 Å². The van der Waals surface area contributed by atoms with Gasteiger partial charge in [-0.3, -0.25) is 0 Å². The van der Waals surface area contributed by atoms with E-state index in [9.17, 15) is 13.5 Å². The summed E-state index contributed by atoms with van der Waals surface area (Å²) in [7, 11) is -3.47. The zero-order valence-electron chi connectivity index (χ0n) is 12.4. The number of piperidine rings is 1. The molecule has 1 N–H and O–H groups in total. The predicted molar refractivity (Wildman–Crippen MR) is 79.0 cm³/mol. The molecular formula is C15H23NO3S. The molecule has 1 heterocycles. The van der Waals surface area contributed by atoms with Crippen molar-refractivity contribution in [2.24, 2.45) is 0 Å². The number of benzene rings is 1. The molecule has 1 aromatic rings. The Kier molecular flexibility index (Phi) is 4.52. The van der Waals surface area contributed by atoms with E-state index in [-0.39, 0.29) is 12.6 Å². The predicted octanol–water partition coefficient (Wildman–Crippen LogP) is 2.36. The largest absolute Gasteiger partial charge is 0.392 e. The van der Waals surface area contributed by atoms with Gasteiger partial charge in [0.2, 0.25) is 10.0 Å². The van der Waals surface area contributed by atoms with Crippen LogP contribution < -0.4 is 0 Å². The summed E-state index contributed by atoms with van der Waals surface area (Å²) in [6.45, 7) is 6.12. The first-order valence-corrected chi connectivity index (χ1v) is 8.54. The first-order valence-electron chi connectivity index (χ1n) is 7.10. The summed E-state index contributed by atoms with van der Waals surface area (Å²) in [6, 6.07) is 3.51. The second-order valence-corrected chi connectivity index (χ2v) is 7.52. The number of nitrogens with zero attached hydrogens (tertiary/aromatic N) is 1. The molecule has 1 aliphatic rings. The summed E-state index contributed by atoms with van der Waals surface area (Å²) >= 11 is 0. The third-order valence-electron chi connectivity index (χ3n) is 4.13. The maximum Gasteiger partial charge on any atom is 0.243 e. The van der Waals surface area contributed by atoms with Gasteiger partial charge in [-0.1, -0.05) is 12.5 Å². The number of hydrogen-bond donors (Lipinski definition) is 1. The lowest BCUT2D eigenvalue weighted by Gasteiger charge is -2.32. The van der Waals surface area contributed by atoms with Crippen LogP contribution in [-0.4, -0.2) is 30.4 Å². The van der Waals surface area contributed by atoms with Crippen molar-refractivity contribution in [3.8, 4) is 0 Å². The molecule has 0 amide bonds. The monoisotopic (exact) mass is 297 g/mol. The minimum Gasteiger partial charge on any atom is -0.392 e. The van der Waals surface area contributed by atoms with Crippen molar-refractivity contribution in [2.45, 2.75) is 57.6 Å². The third-order valence-corrected chi connectivity index (χ3v) is 6.29. The van der Waals surface area contributed by atoms with Crippen molar-refractivity contribution in [3.63, 3.8) is 0 Å². The highest BCUT2D eigenvalue weighted by atomic mass is 32.2. The van der Waals surface area contributed by atoms with Crippen LogP contribution in [0.2, 0.25) is 0 Å². The average molecular weight is 297 g/mol. The van der Waals surface area contributed by atoms with Crippen molar-refractivity contribution in [1.29, 1.82) is 0 Å². The van der Waals surface area contributed by atoms with Gasteiger partial charge in [0.15, 0.2) is 0 Å². The maximum absolute atomic E-state index is 12.8. The third kappa shape index (κ3) is 2.75. The number of aliphatic hydroxyl groups excluding tert-OH is 1. The van der Waals surface area contributed by atoms with Crippen LogP contribution in [-0.2, 0) is 16.6 Å². The smallest absolute Gasteiger partial charge is 0.243 e. The topological polar surface area (TPSA) is 57.6 Å². The van der Waals surface area contributed by atoms with Crippen molar-refractivity contribution < 1.29 is 13.5 Å². The minimum absolute atomic E-state index is 0.0482. The summed E-state index contributed by atoms with van der Waals surface area (Å²) in [4.78, 5) is 0.334. The normalized spacial score (nSPS) is 21.1. The molecule has 1 unspecified atom stereocenters. The molecule has 2 rings (SSSR count). The van der Waals surface area contributed by atoms with Crippen molar-refractivity contribution in [2.75, 3.05) is 6.54 Å². The van der Waals surface area contributed by atoms with Gasteiger partial charge in [0.25, 0.3) is 0 Å². The molecule has 0 saturated carbocycles. The fourth-order valence-electron chi connectivity index (χ4n) is 2.88. The van der Waals surface area contributed by atoms with E-state index < -0.39 is 10.0 Å². The molecule has 1 fully saturated rings. The lowest BCUT2D eigenvalue weighted by atomic mass is 10.1. The molecule has 20 heavy (non-hydrogen) atoms. The van der Waals surface area contributed by atoms with E-state index in [0.717, 1.165) is 30.4 Å². The molecule has 0 radical (unpaired) electrons. The molecule has 5 heteroatoms. The quantitative estimate of drug-likeness (QED) is 0.932. The van der Waals surface area contributed by atoms with Gasteiger partial charge in [0.05, 0.1) is 11.5 Å². The van der Waals surface area contributed by atoms with E-state index >= 15 is 0 Å². The van der Waals surface area contributed by atoms with Crippen LogP contribution in [0.5, 0.6) is 0 Å².